The van der Waals surface area contributed by atoms with E-state index in [1.54, 1.807) is 0 Å². The van der Waals surface area contributed by atoms with Crippen LogP contribution in [-0.4, -0.2) is 0 Å². The molecule has 0 heterocycles. The summed E-state index contributed by atoms with van der Waals surface area (Å²) in [6, 6.07) is 0. The van der Waals surface area contributed by atoms with Crippen molar-refractivity contribution >= 4 is 0 Å². The fourth-order valence-electron chi connectivity index (χ4n) is 0.775. The van der Waals surface area contributed by atoms with Crippen LogP contribution in [0.1, 0.15) is 33.6 Å². The summed E-state index contributed by atoms with van der Waals surface area (Å²) >= 11 is 0. The molecule has 0 amide bonds. The van der Waals surface area contributed by atoms with Gasteiger partial charge in [-0.3, -0.25) is 0 Å². The summed E-state index contributed by atoms with van der Waals surface area (Å²) in [7, 11) is 0. The molecular formula is C11H20. The van der Waals surface area contributed by atoms with Crippen molar-refractivity contribution in [2.24, 2.45) is 11.8 Å². The Kier molecular flexibility index (Phi) is 5.91. The number of hydrogen-bond donors (Lipinski definition) is 0. The van der Waals surface area contributed by atoms with Gasteiger partial charge in [-0.2, -0.15) is 0 Å². The van der Waals surface area contributed by atoms with Gasteiger partial charge in [0.25, 0.3) is 0 Å². The van der Waals surface area contributed by atoms with Gasteiger partial charge in [-0.1, -0.05) is 39.0 Å². The van der Waals surface area contributed by atoms with Gasteiger partial charge in [0.1, 0.15) is 0 Å². The van der Waals surface area contributed by atoms with Crippen LogP contribution in [0.15, 0.2) is 24.8 Å². The van der Waals surface area contributed by atoms with Crippen LogP contribution in [0.5, 0.6) is 0 Å². The van der Waals surface area contributed by atoms with Gasteiger partial charge in [-0.15, -0.1) is 6.58 Å². The lowest BCUT2D eigenvalue weighted by Gasteiger charge is -2.00. The highest BCUT2D eigenvalue weighted by molar-refractivity contribution is 4.88. The van der Waals surface area contributed by atoms with Crippen molar-refractivity contribution in [1.82, 2.24) is 0 Å². The molecule has 0 radical (unpaired) electrons. The average Bonchev–Trinajstić information content (AvgIpc) is 1.97. The summed E-state index contributed by atoms with van der Waals surface area (Å²) in [5.41, 5.74) is 0. The molecule has 0 aromatic rings. The predicted molar refractivity (Wildman–Crippen MR) is 52.6 cm³/mol. The highest BCUT2D eigenvalue weighted by atomic mass is 14.0. The molecule has 1 atom stereocenters. The van der Waals surface area contributed by atoms with E-state index in [-0.39, 0.29) is 0 Å². The van der Waals surface area contributed by atoms with E-state index >= 15 is 0 Å². The quantitative estimate of drug-likeness (QED) is 0.526. The molecule has 0 aliphatic carbocycles. The molecular weight excluding hydrogens is 132 g/mol. The third-order valence-electron chi connectivity index (χ3n) is 1.68. The molecule has 0 nitrogen and oxygen atoms in total. The Morgan fingerprint density at radius 2 is 1.64 bits per heavy atom. The monoisotopic (exact) mass is 152 g/mol. The van der Waals surface area contributed by atoms with Crippen LogP contribution in [0.4, 0.5) is 0 Å². The smallest absolute Gasteiger partial charge is 0.0230 e. The van der Waals surface area contributed by atoms with Gasteiger partial charge in [0.05, 0.1) is 0 Å². The molecule has 1 unspecified atom stereocenters. The molecule has 0 spiro atoms. The highest BCUT2D eigenvalue weighted by Gasteiger charge is 1.91. The third kappa shape index (κ3) is 7.38. The Bertz CT molecular complexity index is 120. The topological polar surface area (TPSA) is 0 Å². The lowest BCUT2D eigenvalue weighted by Crippen LogP contribution is -1.85. The van der Waals surface area contributed by atoms with Gasteiger partial charge in [-0.05, 0) is 24.7 Å². The van der Waals surface area contributed by atoms with Crippen molar-refractivity contribution in [3.63, 3.8) is 0 Å². The van der Waals surface area contributed by atoms with Crippen molar-refractivity contribution in [2.75, 3.05) is 0 Å². The van der Waals surface area contributed by atoms with Crippen molar-refractivity contribution in [3.05, 3.63) is 24.8 Å². The zero-order valence-electron chi connectivity index (χ0n) is 8.01. The van der Waals surface area contributed by atoms with E-state index in [0.29, 0.717) is 5.92 Å². The molecule has 0 bridgehead atoms. The minimum atomic E-state index is 0.624. The Balaban J connectivity index is 3.36. The highest BCUT2D eigenvalue weighted by Crippen LogP contribution is 2.05. The molecule has 64 valence electrons. The Morgan fingerprint density at radius 3 is 2.09 bits per heavy atom. The summed E-state index contributed by atoms with van der Waals surface area (Å²) in [5.74, 6) is 1.41. The first-order valence-electron chi connectivity index (χ1n) is 4.44. The third-order valence-corrected chi connectivity index (χ3v) is 1.68. The number of hydrogen-bond acceptors (Lipinski definition) is 0. The molecule has 0 heteroatoms. The van der Waals surface area contributed by atoms with Crippen molar-refractivity contribution < 1.29 is 0 Å². The minimum Gasteiger partial charge on any atom is -0.103 e. The Hall–Kier alpha value is -0.520. The second-order valence-electron chi connectivity index (χ2n) is 3.55. The SMILES string of the molecule is C=CC(C)CC=CCC(C)C. The zero-order chi connectivity index (χ0) is 8.69. The van der Waals surface area contributed by atoms with Gasteiger partial charge in [0.15, 0.2) is 0 Å². The molecule has 0 saturated heterocycles. The average molecular weight is 152 g/mol. The first kappa shape index (κ1) is 10.5. The van der Waals surface area contributed by atoms with E-state index in [4.69, 9.17) is 0 Å². The van der Waals surface area contributed by atoms with E-state index in [0.717, 1.165) is 12.3 Å². The van der Waals surface area contributed by atoms with Crippen LogP contribution < -0.4 is 0 Å². The maximum Gasteiger partial charge on any atom is -0.0230 e. The molecule has 0 rings (SSSR count). The molecule has 0 fully saturated rings. The second-order valence-corrected chi connectivity index (χ2v) is 3.55. The van der Waals surface area contributed by atoms with Crippen molar-refractivity contribution in [3.8, 4) is 0 Å². The summed E-state index contributed by atoms with van der Waals surface area (Å²) in [5, 5.41) is 0. The Morgan fingerprint density at radius 1 is 1.09 bits per heavy atom. The van der Waals surface area contributed by atoms with Gasteiger partial charge in [0, 0.05) is 0 Å². The maximum absolute atomic E-state index is 3.74. The fraction of sp³-hybridized carbons (Fsp3) is 0.636. The Labute approximate surface area is 71.0 Å². The van der Waals surface area contributed by atoms with Gasteiger partial charge < -0.3 is 0 Å². The van der Waals surface area contributed by atoms with E-state index < -0.39 is 0 Å². The lowest BCUT2D eigenvalue weighted by molar-refractivity contribution is 0.658. The molecule has 0 aliphatic heterocycles. The van der Waals surface area contributed by atoms with E-state index in [9.17, 15) is 0 Å². The molecule has 0 saturated carbocycles. The second kappa shape index (κ2) is 6.21. The fourth-order valence-corrected chi connectivity index (χ4v) is 0.775. The first-order valence-corrected chi connectivity index (χ1v) is 4.44. The molecule has 11 heavy (non-hydrogen) atoms. The van der Waals surface area contributed by atoms with Crippen LogP contribution in [0, 0.1) is 11.8 Å². The van der Waals surface area contributed by atoms with Gasteiger partial charge in [0.2, 0.25) is 0 Å². The minimum absolute atomic E-state index is 0.624. The van der Waals surface area contributed by atoms with E-state index in [1.165, 1.54) is 6.42 Å². The number of rotatable bonds is 5. The molecule has 0 aromatic carbocycles. The summed E-state index contributed by atoms with van der Waals surface area (Å²) in [6.07, 6.45) is 8.86. The zero-order valence-corrected chi connectivity index (χ0v) is 8.01. The van der Waals surface area contributed by atoms with Crippen molar-refractivity contribution in [1.29, 1.82) is 0 Å². The first-order chi connectivity index (χ1) is 5.16. The van der Waals surface area contributed by atoms with Gasteiger partial charge >= 0.3 is 0 Å². The lowest BCUT2D eigenvalue weighted by atomic mass is 10.1. The van der Waals surface area contributed by atoms with E-state index in [1.807, 2.05) is 6.08 Å². The molecule has 0 N–H and O–H groups in total. The molecule has 0 aliphatic rings. The van der Waals surface area contributed by atoms with E-state index in [2.05, 4.69) is 39.5 Å². The van der Waals surface area contributed by atoms with Crippen LogP contribution in [-0.2, 0) is 0 Å². The van der Waals surface area contributed by atoms with Crippen molar-refractivity contribution in [2.45, 2.75) is 33.6 Å². The molecule has 0 aromatic heterocycles. The standard InChI is InChI=1S/C11H20/c1-5-11(4)9-7-6-8-10(2)3/h5-7,10-11H,1,8-9H2,2-4H3. The normalized spacial score (nSPS) is 14.2. The maximum atomic E-state index is 3.74. The predicted octanol–water partition coefficient (Wildman–Crippen LogP) is 3.80. The van der Waals surface area contributed by atoms with Crippen LogP contribution in [0.25, 0.3) is 0 Å². The largest absolute Gasteiger partial charge is 0.103 e. The summed E-state index contributed by atoms with van der Waals surface area (Å²) < 4.78 is 0. The van der Waals surface area contributed by atoms with Gasteiger partial charge in [-0.25, -0.2) is 0 Å². The van der Waals surface area contributed by atoms with Crippen LogP contribution >= 0.6 is 0 Å². The summed E-state index contributed by atoms with van der Waals surface area (Å²) in [6.45, 7) is 10.4. The number of allylic oxidation sites excluding steroid dienone is 3. The summed E-state index contributed by atoms with van der Waals surface area (Å²) in [4.78, 5) is 0. The van der Waals surface area contributed by atoms with Crippen LogP contribution in [0.2, 0.25) is 0 Å². The van der Waals surface area contributed by atoms with Crippen LogP contribution in [0.3, 0.4) is 0 Å².